The molecule has 0 aromatic heterocycles. The molecule has 1 saturated heterocycles. The van der Waals surface area contributed by atoms with Crippen molar-refractivity contribution in [3.8, 4) is 11.5 Å². The molecule has 0 saturated carbocycles. The summed E-state index contributed by atoms with van der Waals surface area (Å²) in [5.41, 5.74) is -0.819. The lowest BCUT2D eigenvalue weighted by molar-refractivity contribution is -0.385. The summed E-state index contributed by atoms with van der Waals surface area (Å²) < 4.78 is 44.2. The average Bonchev–Trinajstić information content (AvgIpc) is 3.06. The lowest BCUT2D eigenvalue weighted by Crippen LogP contribution is -2.30. The first kappa shape index (κ1) is 23.5. The summed E-state index contributed by atoms with van der Waals surface area (Å²) >= 11 is 0. The first-order valence-corrected chi connectivity index (χ1v) is 10.1. The highest BCUT2D eigenvalue weighted by Crippen LogP contribution is 2.38. The van der Waals surface area contributed by atoms with Crippen LogP contribution in [0.25, 0.3) is 6.08 Å². The van der Waals surface area contributed by atoms with Gasteiger partial charge in [0.2, 0.25) is 5.75 Å². The maximum Gasteiger partial charge on any atom is 0.416 e. The van der Waals surface area contributed by atoms with Crippen molar-refractivity contribution < 1.29 is 32.4 Å². The van der Waals surface area contributed by atoms with Gasteiger partial charge in [-0.2, -0.15) is 13.2 Å². The highest BCUT2D eigenvalue weighted by molar-refractivity contribution is 6.13. The second-order valence-electron chi connectivity index (χ2n) is 7.48. The van der Waals surface area contributed by atoms with Crippen molar-refractivity contribution in [2.75, 3.05) is 0 Å². The van der Waals surface area contributed by atoms with E-state index < -0.39 is 34.3 Å². The fourth-order valence-electron chi connectivity index (χ4n) is 3.37. The third kappa shape index (κ3) is 5.29. The molecule has 3 aromatic carbocycles. The van der Waals surface area contributed by atoms with E-state index in [0.717, 1.165) is 16.5 Å². The number of carbonyl (C=O) groups excluding carboxylic acids is 2. The smallest absolute Gasteiger partial charge is 0.416 e. The Kier molecular flexibility index (Phi) is 6.24. The van der Waals surface area contributed by atoms with Gasteiger partial charge in [0.25, 0.3) is 5.91 Å². The molecule has 0 aliphatic carbocycles. The molecule has 3 aromatic rings. The predicted octanol–water partition coefficient (Wildman–Crippen LogP) is 5.50. The normalized spacial score (nSPS) is 14.8. The molecule has 178 valence electrons. The molecular formula is C24H16F3N3O5. The van der Waals surface area contributed by atoms with Crippen molar-refractivity contribution in [2.45, 2.75) is 12.7 Å². The summed E-state index contributed by atoms with van der Waals surface area (Å²) in [6.45, 7) is 0.0869. The predicted molar refractivity (Wildman–Crippen MR) is 118 cm³/mol. The van der Waals surface area contributed by atoms with Gasteiger partial charge in [-0.1, -0.05) is 42.5 Å². The zero-order valence-corrected chi connectivity index (χ0v) is 17.8. The molecule has 1 aliphatic heterocycles. The van der Waals surface area contributed by atoms with Gasteiger partial charge in [-0.25, -0.2) is 4.79 Å². The van der Waals surface area contributed by atoms with E-state index in [-0.39, 0.29) is 23.7 Å². The number of nitrogens with zero attached hydrogens (tertiary/aromatic N) is 2. The zero-order chi connectivity index (χ0) is 25.2. The topological polar surface area (TPSA) is 102 Å². The lowest BCUT2D eigenvalue weighted by Gasteiger charge is -2.11. The van der Waals surface area contributed by atoms with Gasteiger partial charge in [0.1, 0.15) is 11.4 Å². The molecule has 0 unspecified atom stereocenters. The maximum atomic E-state index is 12.9. The molecule has 0 bridgehead atoms. The van der Waals surface area contributed by atoms with E-state index in [4.69, 9.17) is 4.74 Å². The summed E-state index contributed by atoms with van der Waals surface area (Å²) in [6, 6.07) is 16.3. The number of urea groups is 1. The SMILES string of the molecule is O=C1N/C(=C/c2cccc(Oc3ccc(C(F)(F)F)cc3[N+](=O)[O-])c2)C(=O)N1Cc1ccccc1. The summed E-state index contributed by atoms with van der Waals surface area (Å²) in [5.74, 6) is -0.837. The molecule has 8 nitrogen and oxygen atoms in total. The van der Waals surface area contributed by atoms with Gasteiger partial charge in [0, 0.05) is 6.07 Å². The molecule has 1 N–H and O–H groups in total. The van der Waals surface area contributed by atoms with Crippen LogP contribution in [0.4, 0.5) is 23.7 Å². The van der Waals surface area contributed by atoms with Gasteiger partial charge in [-0.3, -0.25) is 19.8 Å². The Labute approximate surface area is 196 Å². The standard InChI is InChI=1S/C24H16F3N3O5/c25-24(26,27)17-9-10-21(20(13-17)30(33)34)35-18-8-4-7-16(11-18)12-19-22(31)29(23(32)28-19)14-15-5-2-1-3-6-15/h1-13H,14H2,(H,28,32)/b19-12+. The number of ether oxygens (including phenoxy) is 1. The third-order valence-corrected chi connectivity index (χ3v) is 5.03. The Hall–Kier alpha value is -4.67. The number of benzene rings is 3. The zero-order valence-electron chi connectivity index (χ0n) is 17.8. The highest BCUT2D eigenvalue weighted by Gasteiger charge is 2.34. The summed E-state index contributed by atoms with van der Waals surface area (Å²) in [6.07, 6.45) is -3.35. The van der Waals surface area contributed by atoms with E-state index in [1.165, 1.54) is 24.3 Å². The fourth-order valence-corrected chi connectivity index (χ4v) is 3.37. The molecule has 1 heterocycles. The van der Waals surface area contributed by atoms with Gasteiger partial charge in [-0.05, 0) is 41.5 Å². The quantitative estimate of drug-likeness (QED) is 0.216. The number of amides is 3. The van der Waals surface area contributed by atoms with Crippen LogP contribution in [-0.2, 0) is 17.5 Å². The third-order valence-electron chi connectivity index (χ3n) is 5.03. The summed E-state index contributed by atoms with van der Waals surface area (Å²) in [4.78, 5) is 36.4. The van der Waals surface area contributed by atoms with Crippen LogP contribution in [0.2, 0.25) is 0 Å². The molecule has 1 aliphatic rings. The van der Waals surface area contributed by atoms with Gasteiger partial charge in [-0.15, -0.1) is 0 Å². The van der Waals surface area contributed by atoms with E-state index in [1.54, 1.807) is 30.3 Å². The molecule has 0 spiro atoms. The van der Waals surface area contributed by atoms with Crippen LogP contribution in [0.3, 0.4) is 0 Å². The van der Waals surface area contributed by atoms with Crippen molar-refractivity contribution >= 4 is 23.7 Å². The number of hydrogen-bond acceptors (Lipinski definition) is 5. The van der Waals surface area contributed by atoms with E-state index in [9.17, 15) is 32.9 Å². The number of halogens is 3. The summed E-state index contributed by atoms with van der Waals surface area (Å²) in [7, 11) is 0. The van der Waals surface area contributed by atoms with Crippen molar-refractivity contribution in [1.82, 2.24) is 10.2 Å². The molecule has 1 fully saturated rings. The van der Waals surface area contributed by atoms with Crippen LogP contribution in [0.5, 0.6) is 11.5 Å². The molecular weight excluding hydrogens is 467 g/mol. The van der Waals surface area contributed by atoms with Gasteiger partial charge < -0.3 is 10.1 Å². The van der Waals surface area contributed by atoms with Crippen LogP contribution in [0.1, 0.15) is 16.7 Å². The lowest BCUT2D eigenvalue weighted by atomic mass is 10.1. The Balaban J connectivity index is 1.56. The molecule has 11 heteroatoms. The molecule has 4 rings (SSSR count). The number of nitrogens with one attached hydrogen (secondary N) is 1. The Morgan fingerprint density at radius 3 is 2.43 bits per heavy atom. The summed E-state index contributed by atoms with van der Waals surface area (Å²) in [5, 5.41) is 13.8. The van der Waals surface area contributed by atoms with Crippen molar-refractivity contribution in [2.24, 2.45) is 0 Å². The van der Waals surface area contributed by atoms with Crippen LogP contribution < -0.4 is 10.1 Å². The minimum Gasteiger partial charge on any atom is -0.450 e. The molecule has 0 atom stereocenters. The van der Waals surface area contributed by atoms with Crippen LogP contribution in [-0.4, -0.2) is 21.8 Å². The Bertz CT molecular complexity index is 1340. The van der Waals surface area contributed by atoms with Crippen LogP contribution in [0, 0.1) is 10.1 Å². The fraction of sp³-hybridized carbons (Fsp3) is 0.0833. The second kappa shape index (κ2) is 9.29. The number of rotatable bonds is 6. The monoisotopic (exact) mass is 483 g/mol. The second-order valence-corrected chi connectivity index (χ2v) is 7.48. The largest absolute Gasteiger partial charge is 0.450 e. The first-order chi connectivity index (χ1) is 16.6. The first-order valence-electron chi connectivity index (χ1n) is 10.1. The minimum absolute atomic E-state index is 0.0172. The molecule has 35 heavy (non-hydrogen) atoms. The Morgan fingerprint density at radius 2 is 1.74 bits per heavy atom. The van der Waals surface area contributed by atoms with Crippen molar-refractivity contribution in [3.63, 3.8) is 0 Å². The van der Waals surface area contributed by atoms with Crippen molar-refractivity contribution in [1.29, 1.82) is 0 Å². The maximum absolute atomic E-state index is 12.9. The molecule has 3 amide bonds. The number of imide groups is 1. The van der Waals surface area contributed by atoms with E-state index in [1.807, 2.05) is 6.07 Å². The van der Waals surface area contributed by atoms with E-state index >= 15 is 0 Å². The van der Waals surface area contributed by atoms with E-state index in [2.05, 4.69) is 5.32 Å². The minimum atomic E-state index is -4.75. The van der Waals surface area contributed by atoms with Gasteiger partial charge >= 0.3 is 17.9 Å². The Morgan fingerprint density at radius 1 is 1.00 bits per heavy atom. The number of alkyl halides is 3. The number of carbonyl (C=O) groups is 2. The van der Waals surface area contributed by atoms with Crippen LogP contribution >= 0.6 is 0 Å². The van der Waals surface area contributed by atoms with Gasteiger partial charge in [0.15, 0.2) is 0 Å². The van der Waals surface area contributed by atoms with Gasteiger partial charge in [0.05, 0.1) is 17.0 Å². The number of hydrogen-bond donors (Lipinski definition) is 1. The molecule has 0 radical (unpaired) electrons. The van der Waals surface area contributed by atoms with Crippen LogP contribution in [0.15, 0.2) is 78.5 Å². The number of nitro benzene ring substituents is 1. The van der Waals surface area contributed by atoms with Crippen molar-refractivity contribution in [3.05, 3.63) is 105 Å². The van der Waals surface area contributed by atoms with E-state index in [0.29, 0.717) is 17.7 Å². The average molecular weight is 483 g/mol. The number of nitro groups is 1. The highest BCUT2D eigenvalue weighted by atomic mass is 19.4.